The van der Waals surface area contributed by atoms with Crippen LogP contribution in [0, 0.1) is 0 Å². The maximum Gasteiger partial charge on any atom is 0.0943 e. The summed E-state index contributed by atoms with van der Waals surface area (Å²) in [6.45, 7) is 0. The Kier molecular flexibility index (Phi) is 2.78. The molecule has 0 bridgehead atoms. The summed E-state index contributed by atoms with van der Waals surface area (Å²) >= 11 is 0. The average Bonchev–Trinajstić information content (AvgIpc) is 2.88. The van der Waals surface area contributed by atoms with Gasteiger partial charge in [-0.3, -0.25) is 0 Å². The summed E-state index contributed by atoms with van der Waals surface area (Å²) in [6.07, 6.45) is 7.09. The molecular formula is C11H12N4. The molecule has 4 nitrogen and oxygen atoms in total. The minimum atomic E-state index is 1.03. The zero-order valence-corrected chi connectivity index (χ0v) is 8.46. The second-order valence-electron chi connectivity index (χ2n) is 3.15. The minimum absolute atomic E-state index is 1.03. The number of fused-ring (bicyclic) bond motifs is 1. The van der Waals surface area contributed by atoms with E-state index < -0.39 is 0 Å². The molecule has 2 aromatic heterocycles. The summed E-state index contributed by atoms with van der Waals surface area (Å²) < 4.78 is 1.89. The summed E-state index contributed by atoms with van der Waals surface area (Å²) in [5.41, 5.74) is 2.12. The van der Waals surface area contributed by atoms with E-state index in [1.165, 1.54) is 0 Å². The third-order valence-electron chi connectivity index (χ3n) is 1.96. The van der Waals surface area contributed by atoms with Crippen LogP contribution < -0.4 is 0 Å². The average molecular weight is 200 g/mol. The van der Waals surface area contributed by atoms with E-state index in [0.717, 1.165) is 11.0 Å². The van der Waals surface area contributed by atoms with E-state index in [-0.39, 0.29) is 0 Å². The van der Waals surface area contributed by atoms with Gasteiger partial charge < -0.3 is 9.55 Å². The molecule has 0 atom stereocenters. The Morgan fingerprint density at radius 1 is 1.27 bits per heavy atom. The lowest BCUT2D eigenvalue weighted by molar-refractivity contribution is 0.913. The smallest absolute Gasteiger partial charge is 0.0943 e. The number of nitrogens with zero attached hydrogens (tertiary/aromatic N) is 3. The van der Waals surface area contributed by atoms with Gasteiger partial charge >= 0.3 is 0 Å². The highest BCUT2D eigenvalue weighted by Crippen LogP contribution is 2.05. The number of benzene rings is 1. The molecule has 0 spiro atoms. The number of aryl methyl sites for hydroxylation is 1. The van der Waals surface area contributed by atoms with Crippen molar-refractivity contribution in [3.8, 4) is 0 Å². The van der Waals surface area contributed by atoms with Crippen molar-refractivity contribution < 1.29 is 0 Å². The maximum absolute atomic E-state index is 4.06. The van der Waals surface area contributed by atoms with E-state index >= 15 is 0 Å². The van der Waals surface area contributed by atoms with E-state index in [1.54, 1.807) is 18.9 Å². The van der Waals surface area contributed by atoms with E-state index in [1.807, 2.05) is 42.1 Å². The minimum Gasteiger partial charge on any atom is -0.345 e. The van der Waals surface area contributed by atoms with Crippen molar-refractivity contribution in [1.29, 1.82) is 0 Å². The highest BCUT2D eigenvalue weighted by molar-refractivity contribution is 5.73. The van der Waals surface area contributed by atoms with Gasteiger partial charge in [-0.15, -0.1) is 0 Å². The number of aromatic nitrogens is 4. The Labute approximate surface area is 87.6 Å². The quantitative estimate of drug-likeness (QED) is 0.603. The molecule has 1 N–H and O–H groups in total. The molecule has 1 aromatic carbocycles. The third-order valence-corrected chi connectivity index (χ3v) is 1.96. The second-order valence-corrected chi connectivity index (χ2v) is 3.15. The molecule has 0 aliphatic heterocycles. The zero-order chi connectivity index (χ0) is 10.5. The Morgan fingerprint density at radius 3 is 2.73 bits per heavy atom. The van der Waals surface area contributed by atoms with Gasteiger partial charge in [-0.2, -0.15) is 0 Å². The molecule has 0 saturated heterocycles. The van der Waals surface area contributed by atoms with Crippen molar-refractivity contribution in [2.75, 3.05) is 0 Å². The molecule has 0 saturated carbocycles. The molecule has 0 aliphatic carbocycles. The summed E-state index contributed by atoms with van der Waals surface area (Å²) in [5.74, 6) is 0. The standard InChI is InChI=1S/C7H6N2.C4H6N2/c1-2-4-7-6(3-1)8-5-9-7;1-6-3-2-5-4-6/h1-5H,(H,8,9);2-4H,1H3. The maximum atomic E-state index is 4.06. The molecule has 0 aliphatic rings. The van der Waals surface area contributed by atoms with Gasteiger partial charge in [0.1, 0.15) is 0 Å². The van der Waals surface area contributed by atoms with Crippen LogP contribution in [-0.2, 0) is 7.05 Å². The van der Waals surface area contributed by atoms with E-state index in [4.69, 9.17) is 0 Å². The Balaban J connectivity index is 0.000000124. The monoisotopic (exact) mass is 200 g/mol. The Morgan fingerprint density at radius 2 is 2.13 bits per heavy atom. The van der Waals surface area contributed by atoms with Crippen molar-refractivity contribution in [3.05, 3.63) is 49.3 Å². The highest BCUT2D eigenvalue weighted by atomic mass is 15.0. The van der Waals surface area contributed by atoms with E-state index in [0.29, 0.717) is 0 Å². The van der Waals surface area contributed by atoms with Crippen molar-refractivity contribution >= 4 is 11.0 Å². The summed E-state index contributed by atoms with van der Waals surface area (Å²) in [6, 6.07) is 7.94. The molecular weight excluding hydrogens is 188 g/mol. The Bertz CT molecular complexity index is 480. The SMILES string of the molecule is Cn1ccnc1.c1ccc2[nH]cnc2c1. The number of nitrogens with one attached hydrogen (secondary N) is 1. The molecule has 0 fully saturated rings. The summed E-state index contributed by atoms with van der Waals surface area (Å²) in [7, 11) is 1.94. The number of imidazole rings is 2. The predicted octanol–water partition coefficient (Wildman–Crippen LogP) is 1.98. The van der Waals surface area contributed by atoms with Gasteiger partial charge in [0, 0.05) is 19.4 Å². The van der Waals surface area contributed by atoms with E-state index in [9.17, 15) is 0 Å². The molecule has 2 heterocycles. The third kappa shape index (κ3) is 2.43. The number of para-hydroxylation sites is 2. The van der Waals surface area contributed by atoms with Crippen LogP contribution in [0.25, 0.3) is 11.0 Å². The lowest BCUT2D eigenvalue weighted by Crippen LogP contribution is -1.76. The largest absolute Gasteiger partial charge is 0.345 e. The molecule has 3 aromatic rings. The van der Waals surface area contributed by atoms with Gasteiger partial charge in [0.25, 0.3) is 0 Å². The Hall–Kier alpha value is -2.10. The van der Waals surface area contributed by atoms with Gasteiger partial charge in [0.2, 0.25) is 0 Å². The van der Waals surface area contributed by atoms with Crippen LogP contribution in [0.5, 0.6) is 0 Å². The number of rotatable bonds is 0. The fourth-order valence-corrected chi connectivity index (χ4v) is 1.21. The fourth-order valence-electron chi connectivity index (χ4n) is 1.21. The van der Waals surface area contributed by atoms with Crippen LogP contribution in [0.15, 0.2) is 49.3 Å². The van der Waals surface area contributed by atoms with Crippen molar-refractivity contribution in [2.24, 2.45) is 7.05 Å². The van der Waals surface area contributed by atoms with Crippen LogP contribution in [0.4, 0.5) is 0 Å². The van der Waals surface area contributed by atoms with Crippen LogP contribution in [-0.4, -0.2) is 19.5 Å². The molecule has 76 valence electrons. The summed E-state index contributed by atoms with van der Waals surface area (Å²) in [5, 5.41) is 0. The number of hydrogen-bond acceptors (Lipinski definition) is 2. The number of aromatic amines is 1. The van der Waals surface area contributed by atoms with Crippen molar-refractivity contribution in [2.45, 2.75) is 0 Å². The topological polar surface area (TPSA) is 46.5 Å². The molecule has 0 radical (unpaired) electrons. The first kappa shape index (κ1) is 9.45. The first-order chi connectivity index (χ1) is 7.36. The molecule has 0 amide bonds. The molecule has 4 heteroatoms. The molecule has 3 rings (SSSR count). The lowest BCUT2D eigenvalue weighted by atomic mass is 10.3. The van der Waals surface area contributed by atoms with Gasteiger partial charge in [-0.1, -0.05) is 12.1 Å². The number of H-pyrrole nitrogens is 1. The zero-order valence-electron chi connectivity index (χ0n) is 8.46. The van der Waals surface area contributed by atoms with Crippen LogP contribution in [0.3, 0.4) is 0 Å². The lowest BCUT2D eigenvalue weighted by Gasteiger charge is -1.81. The fraction of sp³-hybridized carbons (Fsp3) is 0.0909. The second kappa shape index (κ2) is 4.41. The first-order valence-electron chi connectivity index (χ1n) is 4.66. The van der Waals surface area contributed by atoms with Gasteiger partial charge in [-0.05, 0) is 12.1 Å². The van der Waals surface area contributed by atoms with Crippen LogP contribution in [0.1, 0.15) is 0 Å². The van der Waals surface area contributed by atoms with E-state index in [2.05, 4.69) is 15.0 Å². The predicted molar refractivity (Wildman–Crippen MR) is 59.3 cm³/mol. The van der Waals surface area contributed by atoms with Crippen LogP contribution in [0.2, 0.25) is 0 Å². The molecule has 0 unspecified atom stereocenters. The van der Waals surface area contributed by atoms with Gasteiger partial charge in [-0.25, -0.2) is 9.97 Å². The van der Waals surface area contributed by atoms with Crippen molar-refractivity contribution in [1.82, 2.24) is 19.5 Å². The number of hydrogen-bond donors (Lipinski definition) is 1. The molecule has 15 heavy (non-hydrogen) atoms. The van der Waals surface area contributed by atoms with Crippen molar-refractivity contribution in [3.63, 3.8) is 0 Å². The van der Waals surface area contributed by atoms with Gasteiger partial charge in [0.15, 0.2) is 0 Å². The summed E-state index contributed by atoms with van der Waals surface area (Å²) in [4.78, 5) is 10.9. The first-order valence-corrected chi connectivity index (χ1v) is 4.66. The van der Waals surface area contributed by atoms with Crippen LogP contribution >= 0.6 is 0 Å². The normalized spacial score (nSPS) is 9.67. The van der Waals surface area contributed by atoms with Gasteiger partial charge in [0.05, 0.1) is 23.7 Å². The highest BCUT2D eigenvalue weighted by Gasteiger charge is 1.88.